The molecule has 0 saturated carbocycles. The van der Waals surface area contributed by atoms with E-state index in [0.717, 1.165) is 0 Å². The first-order valence-electron chi connectivity index (χ1n) is 5.86. The summed E-state index contributed by atoms with van der Waals surface area (Å²) in [6.45, 7) is 4.25. The maximum absolute atomic E-state index is 12.5. The molecule has 1 aromatic rings. The second-order valence-corrected chi connectivity index (χ2v) is 6.68. The Morgan fingerprint density at radius 2 is 2.05 bits per heavy atom. The van der Waals surface area contributed by atoms with Crippen molar-refractivity contribution in [2.45, 2.75) is 24.8 Å². The monoisotopic (exact) mass is 306 g/mol. The van der Waals surface area contributed by atoms with E-state index in [-0.39, 0.29) is 16.0 Å². The first kappa shape index (κ1) is 16.2. The fraction of sp³-hybridized carbons (Fsp3) is 0.500. The smallest absolute Gasteiger partial charge is 0.243 e. The third kappa shape index (κ3) is 3.82. The third-order valence-electron chi connectivity index (χ3n) is 2.67. The zero-order valence-electron chi connectivity index (χ0n) is 11.3. The number of hydrogen-bond acceptors (Lipinski definition) is 4. The summed E-state index contributed by atoms with van der Waals surface area (Å²) < 4.78 is 31.3. The highest BCUT2D eigenvalue weighted by molar-refractivity contribution is 7.89. The molecule has 0 spiro atoms. The van der Waals surface area contributed by atoms with Crippen LogP contribution in [0.2, 0.25) is 5.02 Å². The number of hydrogen-bond donors (Lipinski definition) is 1. The Bertz CT molecular complexity index is 532. The summed E-state index contributed by atoms with van der Waals surface area (Å²) in [7, 11) is -2.07. The van der Waals surface area contributed by atoms with Crippen molar-refractivity contribution in [1.82, 2.24) is 4.31 Å². The van der Waals surface area contributed by atoms with Gasteiger partial charge in [0, 0.05) is 19.7 Å². The lowest BCUT2D eigenvalue weighted by Crippen LogP contribution is -2.39. The Labute approximate surface area is 119 Å². The zero-order valence-corrected chi connectivity index (χ0v) is 12.8. The van der Waals surface area contributed by atoms with E-state index in [2.05, 4.69) is 0 Å². The minimum absolute atomic E-state index is 0.136. The molecule has 0 aliphatic heterocycles. The number of benzene rings is 1. The van der Waals surface area contributed by atoms with Crippen LogP contribution in [-0.4, -0.2) is 39.0 Å². The summed E-state index contributed by atoms with van der Waals surface area (Å²) in [6.07, 6.45) is 0. The Morgan fingerprint density at radius 1 is 1.42 bits per heavy atom. The van der Waals surface area contributed by atoms with E-state index in [0.29, 0.717) is 18.8 Å². The first-order valence-corrected chi connectivity index (χ1v) is 7.68. The van der Waals surface area contributed by atoms with Crippen LogP contribution in [0, 0.1) is 0 Å². The molecule has 0 atom stereocenters. The van der Waals surface area contributed by atoms with Gasteiger partial charge in [-0.2, -0.15) is 4.31 Å². The molecular formula is C12H19ClN2O3S. The summed E-state index contributed by atoms with van der Waals surface area (Å²) >= 11 is 5.88. The van der Waals surface area contributed by atoms with Crippen LogP contribution in [0.1, 0.15) is 13.8 Å². The molecule has 0 bridgehead atoms. The Balaban J connectivity index is 3.15. The van der Waals surface area contributed by atoms with Crippen LogP contribution in [0.5, 0.6) is 0 Å². The van der Waals surface area contributed by atoms with Gasteiger partial charge in [0.05, 0.1) is 22.2 Å². The van der Waals surface area contributed by atoms with Crippen LogP contribution in [0.25, 0.3) is 0 Å². The number of rotatable bonds is 6. The van der Waals surface area contributed by atoms with Gasteiger partial charge in [0.15, 0.2) is 0 Å². The largest absolute Gasteiger partial charge is 0.398 e. The third-order valence-corrected chi connectivity index (χ3v) is 5.07. The normalized spacial score (nSPS) is 12.3. The van der Waals surface area contributed by atoms with Crippen LogP contribution < -0.4 is 5.73 Å². The minimum Gasteiger partial charge on any atom is -0.398 e. The standard InChI is InChI=1S/C12H19ClN2O3S/c1-9(2)15(6-7-18-3)19(16,17)10-4-5-12(14)11(13)8-10/h4-5,8-9H,6-7,14H2,1-3H3. The van der Waals surface area contributed by atoms with Gasteiger partial charge < -0.3 is 10.5 Å². The van der Waals surface area contributed by atoms with E-state index in [1.54, 1.807) is 0 Å². The molecule has 0 amide bonds. The average Bonchev–Trinajstić information content (AvgIpc) is 2.32. The molecular weight excluding hydrogens is 288 g/mol. The second kappa shape index (κ2) is 6.56. The molecule has 5 nitrogen and oxygen atoms in total. The van der Waals surface area contributed by atoms with E-state index >= 15 is 0 Å². The molecule has 0 radical (unpaired) electrons. The van der Waals surface area contributed by atoms with Gasteiger partial charge in [0.2, 0.25) is 10.0 Å². The Morgan fingerprint density at radius 3 is 2.53 bits per heavy atom. The molecule has 7 heteroatoms. The van der Waals surface area contributed by atoms with Crippen LogP contribution in [0.4, 0.5) is 5.69 Å². The van der Waals surface area contributed by atoms with Gasteiger partial charge in [-0.3, -0.25) is 0 Å². The van der Waals surface area contributed by atoms with E-state index in [9.17, 15) is 8.42 Å². The number of nitrogens with two attached hydrogens (primary N) is 1. The summed E-state index contributed by atoms with van der Waals surface area (Å²) in [4.78, 5) is 0.136. The van der Waals surface area contributed by atoms with Crippen LogP contribution in [0.3, 0.4) is 0 Å². The van der Waals surface area contributed by atoms with E-state index in [4.69, 9.17) is 22.1 Å². The summed E-state index contributed by atoms with van der Waals surface area (Å²) in [6, 6.07) is 4.15. The summed E-state index contributed by atoms with van der Waals surface area (Å²) in [5.74, 6) is 0. The lowest BCUT2D eigenvalue weighted by atomic mass is 10.3. The number of sulfonamides is 1. The molecule has 108 valence electrons. The van der Waals surface area contributed by atoms with Crippen molar-refractivity contribution in [1.29, 1.82) is 0 Å². The fourth-order valence-electron chi connectivity index (χ4n) is 1.64. The maximum atomic E-state index is 12.5. The van der Waals surface area contributed by atoms with Crippen molar-refractivity contribution in [3.05, 3.63) is 23.2 Å². The highest BCUT2D eigenvalue weighted by atomic mass is 35.5. The number of nitrogen functional groups attached to an aromatic ring is 1. The predicted molar refractivity (Wildman–Crippen MR) is 76.8 cm³/mol. The van der Waals surface area contributed by atoms with E-state index in [1.165, 1.54) is 29.6 Å². The summed E-state index contributed by atoms with van der Waals surface area (Å²) in [5, 5.41) is 0.233. The molecule has 0 aliphatic rings. The van der Waals surface area contributed by atoms with Crippen molar-refractivity contribution in [2.24, 2.45) is 0 Å². The minimum atomic E-state index is -3.60. The number of nitrogens with zero attached hydrogens (tertiary/aromatic N) is 1. The molecule has 0 heterocycles. The zero-order chi connectivity index (χ0) is 14.6. The molecule has 1 aromatic carbocycles. The molecule has 19 heavy (non-hydrogen) atoms. The second-order valence-electron chi connectivity index (χ2n) is 4.39. The number of halogens is 1. The van der Waals surface area contributed by atoms with Gasteiger partial charge in [-0.15, -0.1) is 0 Å². The lowest BCUT2D eigenvalue weighted by molar-refractivity contribution is 0.171. The van der Waals surface area contributed by atoms with Crippen molar-refractivity contribution >= 4 is 27.3 Å². The quantitative estimate of drug-likeness (QED) is 0.816. The van der Waals surface area contributed by atoms with Gasteiger partial charge in [-0.1, -0.05) is 11.6 Å². The molecule has 0 aromatic heterocycles. The van der Waals surface area contributed by atoms with Crippen LogP contribution >= 0.6 is 11.6 Å². The van der Waals surface area contributed by atoms with E-state index < -0.39 is 10.0 Å². The average molecular weight is 307 g/mol. The van der Waals surface area contributed by atoms with Crippen molar-refractivity contribution in [3.8, 4) is 0 Å². The summed E-state index contributed by atoms with van der Waals surface area (Å²) in [5.41, 5.74) is 5.94. The highest BCUT2D eigenvalue weighted by Gasteiger charge is 2.27. The topological polar surface area (TPSA) is 72.6 Å². The molecule has 0 saturated heterocycles. The van der Waals surface area contributed by atoms with Crippen molar-refractivity contribution in [3.63, 3.8) is 0 Å². The molecule has 2 N–H and O–H groups in total. The fourth-order valence-corrected chi connectivity index (χ4v) is 3.53. The highest BCUT2D eigenvalue weighted by Crippen LogP contribution is 2.25. The van der Waals surface area contributed by atoms with Crippen LogP contribution in [-0.2, 0) is 14.8 Å². The molecule has 1 rings (SSSR count). The molecule has 0 aliphatic carbocycles. The first-order chi connectivity index (χ1) is 8.80. The Hall–Kier alpha value is -0.820. The van der Waals surface area contributed by atoms with Gasteiger partial charge in [-0.05, 0) is 32.0 Å². The van der Waals surface area contributed by atoms with Crippen molar-refractivity contribution < 1.29 is 13.2 Å². The number of methoxy groups -OCH3 is 1. The lowest BCUT2D eigenvalue weighted by Gasteiger charge is -2.25. The Kier molecular flexibility index (Phi) is 5.61. The molecule has 0 fully saturated rings. The SMILES string of the molecule is COCCN(C(C)C)S(=O)(=O)c1ccc(N)c(Cl)c1. The van der Waals surface area contributed by atoms with Gasteiger partial charge in [-0.25, -0.2) is 8.42 Å². The van der Waals surface area contributed by atoms with Crippen molar-refractivity contribution in [2.75, 3.05) is 26.0 Å². The van der Waals surface area contributed by atoms with Gasteiger partial charge in [0.1, 0.15) is 0 Å². The number of ether oxygens (including phenoxy) is 1. The number of anilines is 1. The predicted octanol–water partition coefficient (Wildman–Crippen LogP) is 1.97. The molecule has 0 unspecified atom stereocenters. The van der Waals surface area contributed by atoms with Gasteiger partial charge in [0.25, 0.3) is 0 Å². The maximum Gasteiger partial charge on any atom is 0.243 e. The van der Waals surface area contributed by atoms with Gasteiger partial charge >= 0.3 is 0 Å². The van der Waals surface area contributed by atoms with Crippen LogP contribution in [0.15, 0.2) is 23.1 Å². The van der Waals surface area contributed by atoms with E-state index in [1.807, 2.05) is 13.8 Å².